The van der Waals surface area contributed by atoms with E-state index in [1.165, 1.54) is 16.7 Å². The number of nitrogens with zero attached hydrogens (tertiary/aromatic N) is 1. The van der Waals surface area contributed by atoms with Crippen LogP contribution in [0.25, 0.3) is 0 Å². The third-order valence-electron chi connectivity index (χ3n) is 3.78. The lowest BCUT2D eigenvalue weighted by Gasteiger charge is -2.18. The second-order valence-corrected chi connectivity index (χ2v) is 5.58. The van der Waals surface area contributed by atoms with Crippen molar-refractivity contribution in [3.05, 3.63) is 34.9 Å². The van der Waals surface area contributed by atoms with Crippen molar-refractivity contribution in [3.8, 4) is 0 Å². The Labute approximate surface area is 141 Å². The SMILES string of the molecule is CCN(CC)CC(=O)NCc1cc(C(C)C)ccc1C.Cl.O. The van der Waals surface area contributed by atoms with Crippen LogP contribution in [0.5, 0.6) is 0 Å². The van der Waals surface area contributed by atoms with Gasteiger partial charge in [-0.15, -0.1) is 12.4 Å². The Morgan fingerprint density at radius 3 is 2.32 bits per heavy atom. The lowest BCUT2D eigenvalue weighted by atomic mass is 9.98. The van der Waals surface area contributed by atoms with E-state index in [1.807, 2.05) is 0 Å². The van der Waals surface area contributed by atoms with Gasteiger partial charge in [0.05, 0.1) is 6.54 Å². The van der Waals surface area contributed by atoms with Gasteiger partial charge in [0.15, 0.2) is 0 Å². The Bertz CT molecular complexity index is 446. The Hall–Kier alpha value is -1.10. The highest BCUT2D eigenvalue weighted by Crippen LogP contribution is 2.18. The van der Waals surface area contributed by atoms with Crippen LogP contribution in [0.15, 0.2) is 18.2 Å². The van der Waals surface area contributed by atoms with Crippen molar-refractivity contribution in [2.24, 2.45) is 0 Å². The number of aryl methyl sites for hydroxylation is 1. The molecule has 0 spiro atoms. The van der Waals surface area contributed by atoms with Crippen molar-refractivity contribution in [1.82, 2.24) is 10.2 Å². The molecule has 1 aromatic carbocycles. The largest absolute Gasteiger partial charge is 0.412 e. The van der Waals surface area contributed by atoms with E-state index < -0.39 is 0 Å². The molecule has 0 bridgehead atoms. The summed E-state index contributed by atoms with van der Waals surface area (Å²) in [4.78, 5) is 14.0. The molecule has 1 rings (SSSR count). The zero-order chi connectivity index (χ0) is 15.1. The summed E-state index contributed by atoms with van der Waals surface area (Å²) in [7, 11) is 0. The number of likely N-dealkylation sites (N-methyl/N-ethyl adjacent to an activating group) is 1. The average Bonchev–Trinajstić information content (AvgIpc) is 2.43. The molecule has 0 aliphatic heterocycles. The first-order valence-electron chi connectivity index (χ1n) is 7.56. The van der Waals surface area contributed by atoms with Gasteiger partial charge in [0, 0.05) is 6.54 Å². The minimum Gasteiger partial charge on any atom is -0.412 e. The summed E-state index contributed by atoms with van der Waals surface area (Å²) in [5.74, 6) is 0.615. The van der Waals surface area contributed by atoms with Gasteiger partial charge in [0.2, 0.25) is 5.91 Å². The van der Waals surface area contributed by atoms with Gasteiger partial charge < -0.3 is 10.8 Å². The van der Waals surface area contributed by atoms with Crippen LogP contribution >= 0.6 is 12.4 Å². The summed E-state index contributed by atoms with van der Waals surface area (Å²) in [5.41, 5.74) is 3.77. The summed E-state index contributed by atoms with van der Waals surface area (Å²) in [6.45, 7) is 13.5. The van der Waals surface area contributed by atoms with Crippen molar-refractivity contribution in [1.29, 1.82) is 0 Å². The molecular formula is C17H31ClN2O2. The van der Waals surface area contributed by atoms with E-state index in [-0.39, 0.29) is 23.8 Å². The molecule has 0 fully saturated rings. The zero-order valence-corrected chi connectivity index (χ0v) is 15.2. The molecule has 4 nitrogen and oxygen atoms in total. The molecule has 1 aromatic rings. The molecule has 0 aromatic heterocycles. The summed E-state index contributed by atoms with van der Waals surface area (Å²) < 4.78 is 0. The maximum atomic E-state index is 11.9. The Morgan fingerprint density at radius 1 is 1.23 bits per heavy atom. The van der Waals surface area contributed by atoms with E-state index in [9.17, 15) is 4.79 Å². The van der Waals surface area contributed by atoms with E-state index >= 15 is 0 Å². The van der Waals surface area contributed by atoms with Crippen molar-refractivity contribution in [2.75, 3.05) is 19.6 Å². The van der Waals surface area contributed by atoms with Crippen LogP contribution in [-0.4, -0.2) is 35.9 Å². The lowest BCUT2D eigenvalue weighted by Crippen LogP contribution is -2.36. The number of halogens is 1. The molecule has 22 heavy (non-hydrogen) atoms. The normalized spacial score (nSPS) is 10.1. The van der Waals surface area contributed by atoms with Crippen LogP contribution in [0.3, 0.4) is 0 Å². The highest BCUT2D eigenvalue weighted by molar-refractivity contribution is 5.85. The predicted molar refractivity (Wildman–Crippen MR) is 95.8 cm³/mol. The summed E-state index contributed by atoms with van der Waals surface area (Å²) in [6, 6.07) is 6.51. The summed E-state index contributed by atoms with van der Waals surface area (Å²) in [5, 5.41) is 3.02. The maximum absolute atomic E-state index is 11.9. The van der Waals surface area contributed by atoms with Crippen LogP contribution < -0.4 is 5.32 Å². The topological polar surface area (TPSA) is 63.8 Å². The number of rotatable bonds is 7. The number of hydrogen-bond acceptors (Lipinski definition) is 2. The molecule has 5 heteroatoms. The first-order valence-corrected chi connectivity index (χ1v) is 7.56. The molecule has 1 amide bonds. The van der Waals surface area contributed by atoms with Gasteiger partial charge in [-0.2, -0.15) is 0 Å². The van der Waals surface area contributed by atoms with E-state index in [1.54, 1.807) is 0 Å². The number of amides is 1. The van der Waals surface area contributed by atoms with Gasteiger partial charge in [-0.25, -0.2) is 0 Å². The minimum absolute atomic E-state index is 0. The van der Waals surface area contributed by atoms with E-state index in [4.69, 9.17) is 0 Å². The monoisotopic (exact) mass is 330 g/mol. The van der Waals surface area contributed by atoms with Crippen LogP contribution in [0, 0.1) is 6.92 Å². The molecule has 0 heterocycles. The molecule has 0 saturated heterocycles. The fraction of sp³-hybridized carbons (Fsp3) is 0.588. The quantitative estimate of drug-likeness (QED) is 0.835. The molecule has 0 unspecified atom stereocenters. The Kier molecular flexibility index (Phi) is 12.1. The first-order chi connectivity index (χ1) is 9.47. The number of nitrogens with one attached hydrogen (secondary N) is 1. The zero-order valence-electron chi connectivity index (χ0n) is 14.4. The third kappa shape index (κ3) is 7.25. The summed E-state index contributed by atoms with van der Waals surface area (Å²) in [6.07, 6.45) is 0. The first kappa shape index (κ1) is 23.2. The molecule has 0 radical (unpaired) electrons. The van der Waals surface area contributed by atoms with Crippen molar-refractivity contribution >= 4 is 18.3 Å². The van der Waals surface area contributed by atoms with Gasteiger partial charge in [-0.05, 0) is 42.6 Å². The second kappa shape index (κ2) is 11.5. The molecule has 0 aliphatic carbocycles. The number of hydrogen-bond donors (Lipinski definition) is 1. The van der Waals surface area contributed by atoms with Gasteiger partial charge >= 0.3 is 0 Å². The maximum Gasteiger partial charge on any atom is 0.234 e. The Morgan fingerprint density at radius 2 is 1.82 bits per heavy atom. The summed E-state index contributed by atoms with van der Waals surface area (Å²) >= 11 is 0. The predicted octanol–water partition coefficient (Wildman–Crippen LogP) is 2.67. The van der Waals surface area contributed by atoms with E-state index in [0.29, 0.717) is 19.0 Å². The van der Waals surface area contributed by atoms with E-state index in [2.05, 4.69) is 63.0 Å². The van der Waals surface area contributed by atoms with Crippen LogP contribution in [0.1, 0.15) is 50.3 Å². The molecule has 0 atom stereocenters. The lowest BCUT2D eigenvalue weighted by molar-refractivity contribution is -0.122. The smallest absolute Gasteiger partial charge is 0.234 e. The average molecular weight is 331 g/mol. The highest BCUT2D eigenvalue weighted by atomic mass is 35.5. The van der Waals surface area contributed by atoms with Crippen molar-refractivity contribution in [2.45, 2.75) is 47.1 Å². The number of carbonyl (C=O) groups excluding carboxylic acids is 1. The fourth-order valence-corrected chi connectivity index (χ4v) is 2.14. The van der Waals surface area contributed by atoms with Gasteiger partial charge in [0.25, 0.3) is 0 Å². The van der Waals surface area contributed by atoms with Crippen molar-refractivity contribution in [3.63, 3.8) is 0 Å². The molecule has 128 valence electrons. The number of carbonyl (C=O) groups is 1. The fourth-order valence-electron chi connectivity index (χ4n) is 2.14. The number of benzene rings is 1. The highest BCUT2D eigenvalue weighted by Gasteiger charge is 2.08. The third-order valence-corrected chi connectivity index (χ3v) is 3.78. The van der Waals surface area contributed by atoms with Crippen molar-refractivity contribution < 1.29 is 10.3 Å². The van der Waals surface area contributed by atoms with Gasteiger partial charge in [-0.1, -0.05) is 45.9 Å². The standard InChI is InChI=1S/C17H28N2O.ClH.H2O/c1-6-19(7-2)12-17(20)18-11-16-10-15(13(3)4)9-8-14(16)5;;/h8-10,13H,6-7,11-12H2,1-5H3,(H,18,20);1H;1H2. The molecule has 3 N–H and O–H groups in total. The molecular weight excluding hydrogens is 300 g/mol. The van der Waals surface area contributed by atoms with Gasteiger partial charge in [-0.3, -0.25) is 9.69 Å². The van der Waals surface area contributed by atoms with Crippen LogP contribution in [-0.2, 0) is 11.3 Å². The second-order valence-electron chi connectivity index (χ2n) is 5.58. The molecule has 0 saturated carbocycles. The van der Waals surface area contributed by atoms with Crippen LogP contribution in [0.2, 0.25) is 0 Å². The van der Waals surface area contributed by atoms with Crippen LogP contribution in [0.4, 0.5) is 0 Å². The molecule has 0 aliphatic rings. The van der Waals surface area contributed by atoms with Gasteiger partial charge in [0.1, 0.15) is 0 Å². The Balaban J connectivity index is 0. The minimum atomic E-state index is 0. The van der Waals surface area contributed by atoms with E-state index in [0.717, 1.165) is 13.1 Å².